The molecular weight excluding hydrogens is 406 g/mol. The quantitative estimate of drug-likeness (QED) is 0.443. The number of hydrogen-bond acceptors (Lipinski definition) is 6. The van der Waals surface area contributed by atoms with Gasteiger partial charge in [0.2, 0.25) is 0 Å². The summed E-state index contributed by atoms with van der Waals surface area (Å²) in [5.41, 5.74) is 3.65. The molecule has 2 aromatic carbocycles. The van der Waals surface area contributed by atoms with Crippen LogP contribution in [0.3, 0.4) is 0 Å². The Labute approximate surface area is 184 Å². The Kier molecular flexibility index (Phi) is 5.03. The van der Waals surface area contributed by atoms with Gasteiger partial charge in [0.15, 0.2) is 23.0 Å². The van der Waals surface area contributed by atoms with Crippen LogP contribution in [0.5, 0.6) is 11.5 Å². The number of carbonyl (C=O) groups excluding carboxylic acids is 1. The van der Waals surface area contributed by atoms with E-state index >= 15 is 0 Å². The zero-order valence-corrected chi connectivity index (χ0v) is 17.3. The number of pyridine rings is 1. The van der Waals surface area contributed by atoms with Gasteiger partial charge in [-0.15, -0.1) is 0 Å². The highest BCUT2D eigenvalue weighted by Gasteiger charge is 2.39. The molecule has 1 aliphatic rings. The molecular formula is C24H21N5O3. The second kappa shape index (κ2) is 8.14. The maximum atomic E-state index is 12.4. The first-order chi connectivity index (χ1) is 15.6. The molecule has 2 aromatic heterocycles. The van der Waals surface area contributed by atoms with Gasteiger partial charge in [-0.2, -0.15) is 0 Å². The minimum Gasteiger partial charge on any atom is -0.504 e. The Morgan fingerprint density at radius 1 is 1.09 bits per heavy atom. The summed E-state index contributed by atoms with van der Waals surface area (Å²) >= 11 is 0. The van der Waals surface area contributed by atoms with E-state index in [1.165, 1.54) is 18.9 Å². The van der Waals surface area contributed by atoms with Crippen molar-refractivity contribution in [3.8, 4) is 22.8 Å². The van der Waals surface area contributed by atoms with Crippen LogP contribution in [0.25, 0.3) is 22.4 Å². The lowest BCUT2D eigenvalue weighted by Crippen LogP contribution is -2.31. The van der Waals surface area contributed by atoms with Crippen molar-refractivity contribution in [1.29, 1.82) is 0 Å². The van der Waals surface area contributed by atoms with E-state index in [4.69, 9.17) is 4.74 Å². The van der Waals surface area contributed by atoms with Crippen LogP contribution < -0.4 is 15.4 Å². The number of urea groups is 1. The molecule has 0 spiro atoms. The van der Waals surface area contributed by atoms with Gasteiger partial charge in [-0.25, -0.2) is 19.7 Å². The molecule has 1 fully saturated rings. The average Bonchev–Trinajstić information content (AvgIpc) is 3.58. The van der Waals surface area contributed by atoms with Gasteiger partial charge >= 0.3 is 6.03 Å². The SMILES string of the molecule is COc1cc(-c2ccc3ncc(NC(=O)NC4C[C@H]4c4ccccc4)nc3n2)ccc1O. The number of phenols is 1. The number of anilines is 1. The molecule has 1 unspecified atom stereocenters. The number of hydrogen-bond donors (Lipinski definition) is 3. The first-order valence-corrected chi connectivity index (χ1v) is 10.2. The molecule has 2 atom stereocenters. The van der Waals surface area contributed by atoms with Crippen LogP contribution in [-0.2, 0) is 0 Å². The number of aromatic nitrogens is 3. The number of nitrogens with one attached hydrogen (secondary N) is 2. The zero-order valence-electron chi connectivity index (χ0n) is 17.3. The molecule has 8 nitrogen and oxygen atoms in total. The Balaban J connectivity index is 1.30. The number of methoxy groups -OCH3 is 1. The summed E-state index contributed by atoms with van der Waals surface area (Å²) in [6.07, 6.45) is 2.43. The molecule has 1 saturated carbocycles. The van der Waals surface area contributed by atoms with E-state index < -0.39 is 0 Å². The van der Waals surface area contributed by atoms with Crippen molar-refractivity contribution in [3.63, 3.8) is 0 Å². The van der Waals surface area contributed by atoms with Gasteiger partial charge < -0.3 is 15.2 Å². The fourth-order valence-corrected chi connectivity index (χ4v) is 3.70. The zero-order chi connectivity index (χ0) is 22.1. The Hall–Kier alpha value is -4.20. The fraction of sp³-hybridized carbons (Fsp3) is 0.167. The fourth-order valence-electron chi connectivity index (χ4n) is 3.70. The summed E-state index contributed by atoms with van der Waals surface area (Å²) in [6.45, 7) is 0. The second-order valence-electron chi connectivity index (χ2n) is 7.64. The van der Waals surface area contributed by atoms with Crippen LogP contribution in [0.2, 0.25) is 0 Å². The summed E-state index contributed by atoms with van der Waals surface area (Å²) in [7, 11) is 1.49. The molecule has 1 aliphatic carbocycles. The number of carbonyl (C=O) groups is 1. The van der Waals surface area contributed by atoms with Crippen LogP contribution in [-0.4, -0.2) is 39.2 Å². The van der Waals surface area contributed by atoms with Crippen molar-refractivity contribution in [2.45, 2.75) is 18.4 Å². The number of amides is 2. The lowest BCUT2D eigenvalue weighted by atomic mass is 10.1. The first kappa shape index (κ1) is 19.7. The van der Waals surface area contributed by atoms with Gasteiger partial charge in [0.05, 0.1) is 19.0 Å². The molecule has 2 amide bonds. The summed E-state index contributed by atoms with van der Waals surface area (Å²) in [6, 6.07) is 18.6. The van der Waals surface area contributed by atoms with Crippen molar-refractivity contribution in [3.05, 3.63) is 72.4 Å². The monoisotopic (exact) mass is 427 g/mol. The number of benzene rings is 2. The van der Waals surface area contributed by atoms with E-state index in [0.717, 1.165) is 12.0 Å². The van der Waals surface area contributed by atoms with Crippen molar-refractivity contribution in [2.75, 3.05) is 12.4 Å². The maximum Gasteiger partial charge on any atom is 0.320 e. The third-order valence-electron chi connectivity index (χ3n) is 5.46. The van der Waals surface area contributed by atoms with Crippen LogP contribution >= 0.6 is 0 Å². The van der Waals surface area contributed by atoms with Crippen molar-refractivity contribution >= 4 is 23.0 Å². The molecule has 0 saturated heterocycles. The molecule has 2 heterocycles. The van der Waals surface area contributed by atoms with Crippen molar-refractivity contribution < 1.29 is 14.6 Å². The molecule has 5 rings (SSSR count). The third kappa shape index (κ3) is 4.02. The van der Waals surface area contributed by atoms with Gasteiger partial charge in [0.1, 0.15) is 5.52 Å². The molecule has 160 valence electrons. The van der Waals surface area contributed by atoms with E-state index in [0.29, 0.717) is 34.3 Å². The van der Waals surface area contributed by atoms with Gasteiger partial charge in [0, 0.05) is 17.5 Å². The summed E-state index contributed by atoms with van der Waals surface area (Å²) < 4.78 is 5.17. The van der Waals surface area contributed by atoms with Gasteiger partial charge in [-0.3, -0.25) is 5.32 Å². The van der Waals surface area contributed by atoms with Crippen LogP contribution in [0.15, 0.2) is 66.9 Å². The number of nitrogens with zero attached hydrogens (tertiary/aromatic N) is 3. The molecule has 0 aliphatic heterocycles. The second-order valence-corrected chi connectivity index (χ2v) is 7.64. The van der Waals surface area contributed by atoms with Crippen LogP contribution in [0.1, 0.15) is 17.9 Å². The van der Waals surface area contributed by atoms with E-state index in [9.17, 15) is 9.90 Å². The van der Waals surface area contributed by atoms with Crippen LogP contribution in [0.4, 0.5) is 10.6 Å². The summed E-state index contributed by atoms with van der Waals surface area (Å²) in [4.78, 5) is 25.8. The molecule has 32 heavy (non-hydrogen) atoms. The van der Waals surface area contributed by atoms with Gasteiger partial charge in [-0.05, 0) is 42.3 Å². The number of ether oxygens (including phenoxy) is 1. The Morgan fingerprint density at radius 3 is 2.75 bits per heavy atom. The molecule has 4 aromatic rings. The molecule has 0 radical (unpaired) electrons. The Bertz CT molecular complexity index is 1300. The van der Waals surface area contributed by atoms with E-state index in [-0.39, 0.29) is 17.8 Å². The van der Waals surface area contributed by atoms with E-state index in [2.05, 4.69) is 37.7 Å². The topological polar surface area (TPSA) is 109 Å². The maximum absolute atomic E-state index is 12.4. The minimum absolute atomic E-state index is 0.0551. The minimum atomic E-state index is -0.318. The average molecular weight is 427 g/mol. The largest absolute Gasteiger partial charge is 0.504 e. The highest BCUT2D eigenvalue weighted by atomic mass is 16.5. The third-order valence-corrected chi connectivity index (χ3v) is 5.46. The summed E-state index contributed by atoms with van der Waals surface area (Å²) in [5, 5.41) is 15.5. The van der Waals surface area contributed by atoms with E-state index in [1.54, 1.807) is 18.2 Å². The van der Waals surface area contributed by atoms with Crippen molar-refractivity contribution in [2.24, 2.45) is 0 Å². The number of fused-ring (bicyclic) bond motifs is 1. The normalized spacial score (nSPS) is 17.0. The predicted octanol–water partition coefficient (Wildman–Crippen LogP) is 4.08. The predicted molar refractivity (Wildman–Crippen MR) is 121 cm³/mol. The number of phenolic OH excluding ortho intramolecular Hbond substituents is 1. The van der Waals surface area contributed by atoms with Crippen LogP contribution in [0, 0.1) is 0 Å². The number of aromatic hydroxyl groups is 1. The van der Waals surface area contributed by atoms with Crippen molar-refractivity contribution in [1.82, 2.24) is 20.3 Å². The summed E-state index contributed by atoms with van der Waals surface area (Å²) in [5.74, 6) is 1.08. The van der Waals surface area contributed by atoms with Gasteiger partial charge in [-0.1, -0.05) is 30.3 Å². The highest BCUT2D eigenvalue weighted by molar-refractivity contribution is 5.89. The Morgan fingerprint density at radius 2 is 1.94 bits per heavy atom. The molecule has 3 N–H and O–H groups in total. The lowest BCUT2D eigenvalue weighted by Gasteiger charge is -2.09. The smallest absolute Gasteiger partial charge is 0.320 e. The van der Waals surface area contributed by atoms with E-state index in [1.807, 2.05) is 30.3 Å². The number of rotatable bonds is 5. The first-order valence-electron chi connectivity index (χ1n) is 10.2. The standard InChI is InChI=1S/C24H21N5O3/c1-32-21-11-15(7-10-20(21)30)17-8-9-18-23(26-17)28-22(13-25-18)29-24(31)27-19-12-16(19)14-5-3-2-4-6-14/h2-11,13,16,19,30H,12H2,1H3,(H2,26,27,28,29,31)/t16-,19?/m0/s1. The van der Waals surface area contributed by atoms with Gasteiger partial charge in [0.25, 0.3) is 0 Å². The lowest BCUT2D eigenvalue weighted by molar-refractivity contribution is 0.251. The highest BCUT2D eigenvalue weighted by Crippen LogP contribution is 2.40. The molecule has 8 heteroatoms. The molecule has 0 bridgehead atoms.